The number of nitro groups is 1. The molecule has 0 aromatic heterocycles. The lowest BCUT2D eigenvalue weighted by molar-refractivity contribution is -0.384. The average Bonchev–Trinajstić information content (AvgIpc) is 3.37. The fourth-order valence-corrected chi connectivity index (χ4v) is 8.53. The summed E-state index contributed by atoms with van der Waals surface area (Å²) in [6, 6.07) is 5.91. The molecule has 2 N–H and O–H groups in total. The molecular weight excluding hydrogens is 546 g/mol. The van der Waals surface area contributed by atoms with E-state index in [1.54, 1.807) is 18.3 Å². The summed E-state index contributed by atoms with van der Waals surface area (Å²) in [5.74, 6) is 1.67. The average molecular weight is 590 g/mol. The number of hydrazone groups is 1. The predicted octanol–water partition coefficient (Wildman–Crippen LogP) is 4.82. The number of ether oxygens (including phenoxy) is 1. The number of carbonyl (C=O) groups is 2. The molecular formula is C33H43N5O5. The highest BCUT2D eigenvalue weighted by atomic mass is 16.6. The Balaban J connectivity index is 1.16. The Bertz CT molecular complexity index is 1310. The maximum Gasteiger partial charge on any atom is 0.269 e. The Kier molecular flexibility index (Phi) is 8.40. The van der Waals surface area contributed by atoms with E-state index in [2.05, 4.69) is 26.8 Å². The van der Waals surface area contributed by atoms with Crippen LogP contribution >= 0.6 is 0 Å². The number of hydrogen-bond acceptors (Lipinski definition) is 7. The normalized spacial score (nSPS) is 30.0. The third kappa shape index (κ3) is 6.25. The Labute approximate surface area is 253 Å². The number of non-ortho nitro benzene ring substituents is 1. The van der Waals surface area contributed by atoms with E-state index in [0.717, 1.165) is 67.6 Å². The molecule has 2 amide bonds. The van der Waals surface area contributed by atoms with Crippen molar-refractivity contribution in [2.24, 2.45) is 34.2 Å². The zero-order valence-corrected chi connectivity index (χ0v) is 25.2. The van der Waals surface area contributed by atoms with E-state index < -0.39 is 11.0 Å². The van der Waals surface area contributed by atoms with Crippen molar-refractivity contribution in [1.29, 1.82) is 0 Å². The number of nitrogens with zero attached hydrogens (tertiary/aromatic N) is 3. The Morgan fingerprint density at radius 2 is 1.67 bits per heavy atom. The van der Waals surface area contributed by atoms with Gasteiger partial charge in [-0.3, -0.25) is 19.7 Å². The highest BCUT2D eigenvalue weighted by Gasteiger charge is 2.55. The lowest BCUT2D eigenvalue weighted by Gasteiger charge is -2.55. The largest absolute Gasteiger partial charge is 0.378 e. The van der Waals surface area contributed by atoms with Crippen LogP contribution in [-0.2, 0) is 14.3 Å². The minimum absolute atomic E-state index is 0.0542. The van der Waals surface area contributed by atoms with Crippen LogP contribution in [0.1, 0.15) is 70.8 Å². The van der Waals surface area contributed by atoms with Crippen molar-refractivity contribution < 1.29 is 19.2 Å². The first kappa shape index (κ1) is 29.5. The van der Waals surface area contributed by atoms with Gasteiger partial charge in [0.15, 0.2) is 0 Å². The first-order valence-corrected chi connectivity index (χ1v) is 15.9. The molecule has 10 heteroatoms. The van der Waals surface area contributed by atoms with Crippen molar-refractivity contribution in [3.8, 4) is 0 Å². The van der Waals surface area contributed by atoms with E-state index in [0.29, 0.717) is 31.0 Å². The van der Waals surface area contributed by atoms with Crippen LogP contribution in [0.5, 0.6) is 0 Å². The van der Waals surface area contributed by atoms with E-state index in [-0.39, 0.29) is 28.8 Å². The van der Waals surface area contributed by atoms with Gasteiger partial charge in [-0.25, -0.2) is 5.43 Å². The van der Waals surface area contributed by atoms with E-state index in [4.69, 9.17) is 4.74 Å². The van der Waals surface area contributed by atoms with E-state index in [1.165, 1.54) is 31.4 Å². The van der Waals surface area contributed by atoms with E-state index in [1.807, 2.05) is 13.8 Å². The van der Waals surface area contributed by atoms with Crippen LogP contribution in [0.4, 0.5) is 5.69 Å². The molecule has 1 unspecified atom stereocenters. The number of allylic oxidation sites excluding steroid dienone is 2. The topological polar surface area (TPSA) is 126 Å². The van der Waals surface area contributed by atoms with Crippen LogP contribution in [0.3, 0.4) is 0 Å². The summed E-state index contributed by atoms with van der Waals surface area (Å²) in [7, 11) is 0. The zero-order chi connectivity index (χ0) is 30.1. The van der Waals surface area contributed by atoms with Gasteiger partial charge in [0.25, 0.3) is 11.6 Å². The molecule has 1 heterocycles. The molecule has 4 bridgehead atoms. The SMILES string of the molecule is CC(C)C(NC(=O)C12CC3CC(CC(C3)C1)C2)C(=O)NN=CC1=C(N2CCOCC2)/C(=C\c2ccc([N+](=O)[O-])cc2)CC1. The van der Waals surface area contributed by atoms with Crippen molar-refractivity contribution in [2.45, 2.75) is 71.3 Å². The molecule has 0 radical (unpaired) electrons. The smallest absolute Gasteiger partial charge is 0.269 e. The highest BCUT2D eigenvalue weighted by molar-refractivity contribution is 5.91. The first-order chi connectivity index (χ1) is 20.7. The summed E-state index contributed by atoms with van der Waals surface area (Å²) < 4.78 is 5.58. The summed E-state index contributed by atoms with van der Waals surface area (Å²) in [4.78, 5) is 40.0. The van der Waals surface area contributed by atoms with Gasteiger partial charge in [-0.2, -0.15) is 5.10 Å². The van der Waals surface area contributed by atoms with Gasteiger partial charge in [-0.05, 0) is 110 Å². The van der Waals surface area contributed by atoms with Crippen molar-refractivity contribution >= 4 is 29.8 Å². The van der Waals surface area contributed by atoms with Gasteiger partial charge in [0, 0.05) is 36.3 Å². The van der Waals surface area contributed by atoms with Crippen LogP contribution in [0.15, 0.2) is 46.2 Å². The monoisotopic (exact) mass is 589 g/mol. The summed E-state index contributed by atoms with van der Waals surface area (Å²) >= 11 is 0. The fraction of sp³-hybridized carbons (Fsp3) is 0.606. The summed E-state index contributed by atoms with van der Waals surface area (Å²) in [6.07, 6.45) is 12.1. The molecule has 1 aromatic rings. The summed E-state index contributed by atoms with van der Waals surface area (Å²) in [5.41, 5.74) is 6.62. The van der Waals surface area contributed by atoms with Gasteiger partial charge >= 0.3 is 0 Å². The molecule has 1 saturated heterocycles. The first-order valence-electron chi connectivity index (χ1n) is 15.9. The maximum absolute atomic E-state index is 13.7. The van der Waals surface area contributed by atoms with Crippen LogP contribution in [0.25, 0.3) is 6.08 Å². The number of amides is 2. The van der Waals surface area contributed by atoms with Gasteiger partial charge in [-0.1, -0.05) is 13.8 Å². The van der Waals surface area contributed by atoms with E-state index >= 15 is 0 Å². The second-order valence-corrected chi connectivity index (χ2v) is 13.6. The molecule has 5 fully saturated rings. The number of hydrogen-bond donors (Lipinski definition) is 2. The molecule has 4 saturated carbocycles. The molecule has 43 heavy (non-hydrogen) atoms. The third-order valence-electron chi connectivity index (χ3n) is 10.2. The van der Waals surface area contributed by atoms with Gasteiger partial charge in [0.05, 0.1) is 24.4 Å². The molecule has 0 spiro atoms. The minimum Gasteiger partial charge on any atom is -0.378 e. The predicted molar refractivity (Wildman–Crippen MR) is 164 cm³/mol. The quantitative estimate of drug-likeness (QED) is 0.242. The van der Waals surface area contributed by atoms with Crippen molar-refractivity contribution in [1.82, 2.24) is 15.6 Å². The number of benzene rings is 1. The number of carbonyl (C=O) groups excluding carboxylic acids is 2. The molecule has 1 aromatic carbocycles. The van der Waals surface area contributed by atoms with Crippen LogP contribution in [0, 0.1) is 39.2 Å². The maximum atomic E-state index is 13.7. The number of nitrogens with one attached hydrogen (secondary N) is 2. The second kappa shape index (κ2) is 12.2. The molecule has 230 valence electrons. The highest BCUT2D eigenvalue weighted by Crippen LogP contribution is 2.60. The lowest BCUT2D eigenvalue weighted by Crippen LogP contribution is -2.58. The van der Waals surface area contributed by atoms with Gasteiger partial charge < -0.3 is 15.0 Å². The van der Waals surface area contributed by atoms with E-state index in [9.17, 15) is 19.7 Å². The number of morpholine rings is 1. The van der Waals surface area contributed by atoms with Gasteiger partial charge in [0.1, 0.15) is 6.04 Å². The Morgan fingerprint density at radius 3 is 2.26 bits per heavy atom. The molecule has 1 aliphatic heterocycles. The van der Waals surface area contributed by atoms with Crippen molar-refractivity contribution in [3.63, 3.8) is 0 Å². The molecule has 7 rings (SSSR count). The standard InChI is InChI=1S/C33H43N5O5/c1-21(2)29(35-32(40)33-17-23-13-24(18-33)15-25(14-23)19-33)31(39)36-34-20-27-6-5-26(30(27)37-9-11-43-12-10-37)16-22-3-7-28(8-4-22)38(41)42/h3-4,7-8,16,20-21,23-25,29H,5-6,9-15,17-19H2,1-2H3,(H,35,40)(H,36,39)/b26-16-,34-20?. The third-order valence-corrected chi connectivity index (χ3v) is 10.2. The fourth-order valence-electron chi connectivity index (χ4n) is 8.53. The number of rotatable bonds is 9. The molecule has 5 aliphatic carbocycles. The summed E-state index contributed by atoms with van der Waals surface area (Å²) in [6.45, 7) is 6.69. The summed E-state index contributed by atoms with van der Waals surface area (Å²) in [5, 5.41) is 18.6. The van der Waals surface area contributed by atoms with Crippen LogP contribution < -0.4 is 10.7 Å². The lowest BCUT2D eigenvalue weighted by atomic mass is 9.49. The van der Waals surface area contributed by atoms with Gasteiger partial charge in [0.2, 0.25) is 5.91 Å². The van der Waals surface area contributed by atoms with Crippen molar-refractivity contribution in [2.75, 3.05) is 26.3 Å². The zero-order valence-electron chi connectivity index (χ0n) is 25.2. The Hall–Kier alpha value is -3.53. The second-order valence-electron chi connectivity index (χ2n) is 13.6. The molecule has 10 nitrogen and oxygen atoms in total. The van der Waals surface area contributed by atoms with Gasteiger partial charge in [-0.15, -0.1) is 0 Å². The Morgan fingerprint density at radius 1 is 1.05 bits per heavy atom. The molecule has 1 atom stereocenters. The number of nitro benzene ring substituents is 1. The van der Waals surface area contributed by atoms with Crippen LogP contribution in [0.2, 0.25) is 0 Å². The van der Waals surface area contributed by atoms with Crippen molar-refractivity contribution in [3.05, 3.63) is 56.8 Å². The molecule has 6 aliphatic rings. The minimum atomic E-state index is -0.647. The van der Waals surface area contributed by atoms with Crippen LogP contribution in [-0.4, -0.2) is 60.2 Å².